The van der Waals surface area contributed by atoms with Crippen LogP contribution < -0.4 is 5.46 Å². The first-order valence-corrected chi connectivity index (χ1v) is 11.1. The minimum atomic E-state index is -2.71. The van der Waals surface area contributed by atoms with Crippen LogP contribution in [0.3, 0.4) is 0 Å². The Morgan fingerprint density at radius 3 is 1.83 bits per heavy atom. The van der Waals surface area contributed by atoms with Crippen molar-refractivity contribution < 1.29 is 14.4 Å². The number of hydrogen-bond donors (Lipinski definition) is 3. The molecule has 5 rings (SSSR count). The molecule has 1 aliphatic rings. The molecule has 4 aromatic carbocycles. The number of nitrogens with zero attached hydrogens (tertiary/aromatic N) is 1. The highest BCUT2D eigenvalue weighted by atomic mass is 32.1. The summed E-state index contributed by atoms with van der Waals surface area (Å²) in [5.74, 6) is 0.788. The highest BCUT2D eigenvalue weighted by Crippen LogP contribution is 2.38. The van der Waals surface area contributed by atoms with Crippen LogP contribution in [0.25, 0.3) is 21.5 Å². The smallest absolute Gasteiger partial charge is 0.498 e. The molecule has 152 valence electrons. The van der Waals surface area contributed by atoms with Crippen molar-refractivity contribution in [2.75, 3.05) is 12.8 Å². The molecule has 4 aromatic rings. The third kappa shape index (κ3) is 2.81. The molecule has 0 saturated carbocycles. The molecule has 30 heavy (non-hydrogen) atoms. The molecular formula is C25H26BNO2S. The Hall–Kier alpha value is -2.31. The third-order valence-corrected chi connectivity index (χ3v) is 7.13. The molecule has 0 spiro atoms. The van der Waals surface area contributed by atoms with Crippen LogP contribution >= 0.6 is 12.6 Å². The van der Waals surface area contributed by atoms with Gasteiger partial charge in [-0.05, 0) is 44.8 Å². The topological polar surface area (TPSA) is 40.5 Å². The molecule has 0 radical (unpaired) electrons. The van der Waals surface area contributed by atoms with E-state index in [1.165, 1.54) is 32.7 Å². The van der Waals surface area contributed by atoms with E-state index in [0.29, 0.717) is 18.6 Å². The maximum absolute atomic E-state index is 11.3. The summed E-state index contributed by atoms with van der Waals surface area (Å²) in [4.78, 5) is 0. The first-order chi connectivity index (χ1) is 14.5. The maximum atomic E-state index is 11.3. The number of quaternary nitrogens is 1. The molecule has 1 aliphatic heterocycles. The Morgan fingerprint density at radius 2 is 1.30 bits per heavy atom. The van der Waals surface area contributed by atoms with E-state index in [-0.39, 0.29) is 4.39 Å². The lowest BCUT2D eigenvalue weighted by Crippen LogP contribution is -2.67. The van der Waals surface area contributed by atoms with Crippen LogP contribution in [0.4, 0.5) is 0 Å². The molecule has 1 atom stereocenters. The first kappa shape index (κ1) is 19.6. The average molecular weight is 415 g/mol. The van der Waals surface area contributed by atoms with Crippen LogP contribution in [-0.2, 0) is 19.5 Å². The first-order valence-electron chi connectivity index (χ1n) is 10.5. The second-order valence-electron chi connectivity index (χ2n) is 8.75. The standard InChI is InChI=1S/C25H26BNO2S/c1-27(16-18-8-2-7-13-25(18)26(27,28)29)17-24-21-11-5-3-9-19(21)23(14-15-30)20-10-4-6-12-22(20)24/h2-13,28-30H,14-17H2,1H3. The Balaban J connectivity index is 1.75. The molecular weight excluding hydrogens is 389 g/mol. The molecule has 0 bridgehead atoms. The second-order valence-corrected chi connectivity index (χ2v) is 9.20. The van der Waals surface area contributed by atoms with Gasteiger partial charge in [-0.2, -0.15) is 12.6 Å². The second kappa shape index (κ2) is 7.14. The van der Waals surface area contributed by atoms with Crippen LogP contribution in [0.1, 0.15) is 16.7 Å². The van der Waals surface area contributed by atoms with Gasteiger partial charge in [0.15, 0.2) is 0 Å². The van der Waals surface area contributed by atoms with Gasteiger partial charge >= 0.3 is 6.69 Å². The van der Waals surface area contributed by atoms with Gasteiger partial charge in [-0.25, -0.2) is 0 Å². The van der Waals surface area contributed by atoms with Crippen molar-refractivity contribution >= 4 is 46.3 Å². The number of hydrogen-bond acceptors (Lipinski definition) is 3. The van der Waals surface area contributed by atoms with E-state index >= 15 is 0 Å². The number of rotatable bonds is 4. The number of benzene rings is 4. The lowest BCUT2D eigenvalue weighted by Gasteiger charge is -2.46. The zero-order valence-electron chi connectivity index (χ0n) is 17.1. The molecule has 0 aliphatic carbocycles. The van der Waals surface area contributed by atoms with Crippen LogP contribution in [-0.4, -0.2) is 33.9 Å². The summed E-state index contributed by atoms with van der Waals surface area (Å²) in [6.07, 6.45) is 0.899. The summed E-state index contributed by atoms with van der Waals surface area (Å²) in [6.45, 7) is -1.57. The van der Waals surface area contributed by atoms with Crippen LogP contribution in [0.2, 0.25) is 0 Å². The van der Waals surface area contributed by atoms with E-state index in [0.717, 1.165) is 17.7 Å². The van der Waals surface area contributed by atoms with Gasteiger partial charge < -0.3 is 14.4 Å². The van der Waals surface area contributed by atoms with Crippen LogP contribution in [0.5, 0.6) is 0 Å². The highest BCUT2D eigenvalue weighted by molar-refractivity contribution is 7.80. The van der Waals surface area contributed by atoms with E-state index in [9.17, 15) is 10.0 Å². The van der Waals surface area contributed by atoms with Gasteiger partial charge in [-0.3, -0.25) is 0 Å². The summed E-state index contributed by atoms with van der Waals surface area (Å²) in [7, 11) is 1.96. The minimum Gasteiger partial charge on any atom is -0.524 e. The molecule has 0 fully saturated rings. The molecule has 1 unspecified atom stereocenters. The van der Waals surface area contributed by atoms with Crippen molar-refractivity contribution in [1.82, 2.24) is 0 Å². The minimum absolute atomic E-state index is 0.166. The summed E-state index contributed by atoms with van der Waals surface area (Å²) < 4.78 is 0.166. The van der Waals surface area contributed by atoms with Crippen molar-refractivity contribution in [3.05, 3.63) is 89.5 Å². The number of aryl methyl sites for hydroxylation is 1. The van der Waals surface area contributed by atoms with Crippen molar-refractivity contribution in [1.29, 1.82) is 0 Å². The summed E-state index contributed by atoms with van der Waals surface area (Å²) in [5.41, 5.74) is 4.18. The van der Waals surface area contributed by atoms with Gasteiger partial charge in [0, 0.05) is 12.6 Å². The van der Waals surface area contributed by atoms with E-state index in [1.54, 1.807) is 0 Å². The quantitative estimate of drug-likeness (QED) is 0.270. The Kier molecular flexibility index (Phi) is 4.67. The van der Waals surface area contributed by atoms with E-state index in [1.807, 2.05) is 31.3 Å². The molecule has 1 heterocycles. The van der Waals surface area contributed by atoms with E-state index < -0.39 is 6.69 Å². The zero-order valence-corrected chi connectivity index (χ0v) is 18.0. The van der Waals surface area contributed by atoms with Gasteiger partial charge in [0.2, 0.25) is 0 Å². The van der Waals surface area contributed by atoms with Crippen LogP contribution in [0.15, 0.2) is 72.8 Å². The average Bonchev–Trinajstić information content (AvgIpc) is 2.96. The van der Waals surface area contributed by atoms with Gasteiger partial charge in [0.25, 0.3) is 0 Å². The van der Waals surface area contributed by atoms with E-state index in [2.05, 4.69) is 61.2 Å². The van der Waals surface area contributed by atoms with Gasteiger partial charge in [0.05, 0.1) is 13.1 Å². The van der Waals surface area contributed by atoms with Gasteiger partial charge in [-0.1, -0.05) is 78.3 Å². The Morgan fingerprint density at radius 1 is 0.800 bits per heavy atom. The number of thiol groups is 1. The highest BCUT2D eigenvalue weighted by Gasteiger charge is 2.51. The predicted molar refractivity (Wildman–Crippen MR) is 129 cm³/mol. The largest absolute Gasteiger partial charge is 0.524 e. The third-order valence-electron chi connectivity index (χ3n) is 6.91. The fraction of sp³-hybridized carbons (Fsp3) is 0.200. The van der Waals surface area contributed by atoms with Crippen molar-refractivity contribution in [2.45, 2.75) is 19.5 Å². The normalized spacial score (nSPS) is 20.0. The van der Waals surface area contributed by atoms with Gasteiger partial charge in [0.1, 0.15) is 0 Å². The monoisotopic (exact) mass is 415 g/mol. The lowest BCUT2D eigenvalue weighted by molar-refractivity contribution is -0.850. The molecule has 2 N–H and O–H groups in total. The Labute approximate surface area is 182 Å². The lowest BCUT2D eigenvalue weighted by atomic mass is 9.62. The molecule has 3 nitrogen and oxygen atoms in total. The molecule has 0 aromatic heterocycles. The van der Waals surface area contributed by atoms with Gasteiger partial charge in [-0.15, -0.1) is 0 Å². The molecule has 5 heteroatoms. The zero-order chi connectivity index (χ0) is 20.9. The van der Waals surface area contributed by atoms with E-state index in [4.69, 9.17) is 0 Å². The summed E-state index contributed by atoms with van der Waals surface area (Å²) in [5, 5.41) is 27.4. The SMILES string of the molecule is C[N+]1(Cc2c3ccccc3c(CCS)c3ccccc23)Cc2ccccc2[B-]1(O)O. The Bertz CT molecular complexity index is 1220. The fourth-order valence-corrected chi connectivity index (χ4v) is 5.54. The van der Waals surface area contributed by atoms with Crippen LogP contribution in [0, 0.1) is 0 Å². The van der Waals surface area contributed by atoms with Crippen molar-refractivity contribution in [3.63, 3.8) is 0 Å². The van der Waals surface area contributed by atoms with Crippen molar-refractivity contribution in [3.8, 4) is 0 Å². The molecule has 0 saturated heterocycles. The summed E-state index contributed by atoms with van der Waals surface area (Å²) in [6, 6.07) is 24.7. The predicted octanol–water partition coefficient (Wildman–Crippen LogP) is 3.76. The molecule has 0 amide bonds. The van der Waals surface area contributed by atoms with Crippen molar-refractivity contribution in [2.24, 2.45) is 0 Å². The summed E-state index contributed by atoms with van der Waals surface area (Å²) >= 11 is 4.50. The fourth-order valence-electron chi connectivity index (χ4n) is 5.31. The number of fused-ring (bicyclic) bond motifs is 3. The maximum Gasteiger partial charge on any atom is 0.498 e.